The minimum absolute atomic E-state index is 0.373. The molecule has 2 aromatic rings. The van der Waals surface area contributed by atoms with Crippen molar-refractivity contribution in [1.82, 2.24) is 0 Å². The lowest BCUT2D eigenvalue weighted by atomic mass is 10.1. The molecule has 2 rings (SSSR count). The average molecular weight is 331 g/mol. The van der Waals surface area contributed by atoms with E-state index in [-0.39, 0.29) is 5.97 Å². The summed E-state index contributed by atoms with van der Waals surface area (Å²) < 4.78 is 6.38. The largest absolute Gasteiger partial charge is 0.423 e. The Morgan fingerprint density at radius 3 is 2.30 bits per heavy atom. The van der Waals surface area contributed by atoms with Crippen molar-refractivity contribution in [3.8, 4) is 5.75 Å². The number of carbonyl (C=O) groups is 1. The van der Waals surface area contributed by atoms with Crippen LogP contribution in [0.2, 0.25) is 0 Å². The second kappa shape index (κ2) is 6.53. The smallest absolute Gasteiger partial charge is 0.336 e. The van der Waals surface area contributed by atoms with E-state index in [4.69, 9.17) is 4.74 Å². The number of benzene rings is 2. The van der Waals surface area contributed by atoms with E-state index >= 15 is 0 Å². The van der Waals surface area contributed by atoms with Gasteiger partial charge in [0.2, 0.25) is 0 Å². The third-order valence-corrected chi connectivity index (χ3v) is 3.30. The highest BCUT2D eigenvalue weighted by molar-refractivity contribution is 9.10. The van der Waals surface area contributed by atoms with Crippen LogP contribution in [0.1, 0.15) is 16.7 Å². The van der Waals surface area contributed by atoms with Crippen LogP contribution in [0.4, 0.5) is 0 Å². The zero-order valence-corrected chi connectivity index (χ0v) is 13.0. The van der Waals surface area contributed by atoms with Crippen LogP contribution in [0.25, 0.3) is 6.08 Å². The van der Waals surface area contributed by atoms with Crippen LogP contribution in [-0.2, 0) is 4.79 Å². The zero-order chi connectivity index (χ0) is 14.5. The lowest BCUT2D eigenvalue weighted by Crippen LogP contribution is -2.06. The first kappa shape index (κ1) is 14.5. The molecule has 0 atom stereocenters. The summed E-state index contributed by atoms with van der Waals surface area (Å²) in [5.74, 6) is 0.248. The number of aryl methyl sites for hydroxylation is 2. The van der Waals surface area contributed by atoms with E-state index in [1.165, 1.54) is 6.08 Å². The van der Waals surface area contributed by atoms with Crippen LogP contribution < -0.4 is 4.74 Å². The Bertz CT molecular complexity index is 622. The molecule has 0 unspecified atom stereocenters. The van der Waals surface area contributed by atoms with Crippen LogP contribution in [0, 0.1) is 13.8 Å². The molecule has 0 spiro atoms. The molecule has 3 heteroatoms. The summed E-state index contributed by atoms with van der Waals surface area (Å²) in [6.07, 6.45) is 3.18. The third kappa shape index (κ3) is 3.81. The van der Waals surface area contributed by atoms with Gasteiger partial charge in [0.15, 0.2) is 0 Å². The molecule has 20 heavy (non-hydrogen) atoms. The molecule has 0 aliphatic rings. The van der Waals surface area contributed by atoms with Crippen LogP contribution in [-0.4, -0.2) is 5.97 Å². The Kier molecular flexibility index (Phi) is 4.74. The van der Waals surface area contributed by atoms with Gasteiger partial charge in [0.1, 0.15) is 5.75 Å². The van der Waals surface area contributed by atoms with Crippen molar-refractivity contribution < 1.29 is 9.53 Å². The zero-order valence-electron chi connectivity index (χ0n) is 11.4. The summed E-state index contributed by atoms with van der Waals surface area (Å²) in [7, 11) is 0. The first-order valence-electron chi connectivity index (χ1n) is 6.28. The molecule has 102 valence electrons. The molecule has 0 saturated carbocycles. The fourth-order valence-corrected chi connectivity index (χ4v) is 2.61. The quantitative estimate of drug-likeness (QED) is 0.463. The Labute approximate surface area is 127 Å². The number of rotatable bonds is 3. The van der Waals surface area contributed by atoms with Gasteiger partial charge in [-0.1, -0.05) is 46.3 Å². The molecule has 0 saturated heterocycles. The molecule has 2 aromatic carbocycles. The second-order valence-corrected chi connectivity index (χ2v) is 5.45. The van der Waals surface area contributed by atoms with Gasteiger partial charge in [-0.3, -0.25) is 0 Å². The number of hydrogen-bond donors (Lipinski definition) is 0. The van der Waals surface area contributed by atoms with Crippen molar-refractivity contribution in [3.63, 3.8) is 0 Å². The number of hydrogen-bond acceptors (Lipinski definition) is 2. The molecular weight excluding hydrogens is 316 g/mol. The van der Waals surface area contributed by atoms with Crippen LogP contribution in [0.5, 0.6) is 5.75 Å². The monoisotopic (exact) mass is 330 g/mol. The summed E-state index contributed by atoms with van der Waals surface area (Å²) in [4.78, 5) is 11.9. The number of ether oxygens (including phenoxy) is 1. The number of esters is 1. The molecule has 0 fully saturated rings. The van der Waals surface area contributed by atoms with Crippen LogP contribution in [0.3, 0.4) is 0 Å². The van der Waals surface area contributed by atoms with Crippen molar-refractivity contribution in [2.75, 3.05) is 0 Å². The Morgan fingerprint density at radius 1 is 1.10 bits per heavy atom. The van der Waals surface area contributed by atoms with Gasteiger partial charge >= 0.3 is 5.97 Å². The summed E-state index contributed by atoms with van der Waals surface area (Å²) in [5.41, 5.74) is 2.82. The lowest BCUT2D eigenvalue weighted by molar-refractivity contribution is -0.129. The first-order valence-corrected chi connectivity index (χ1v) is 7.07. The summed E-state index contributed by atoms with van der Waals surface area (Å²) in [6, 6.07) is 13.5. The predicted octanol–water partition coefficient (Wildman–Crippen LogP) is 4.68. The fraction of sp³-hybridized carbons (Fsp3) is 0.118. The van der Waals surface area contributed by atoms with Crippen molar-refractivity contribution in [3.05, 3.63) is 69.7 Å². The Hall–Kier alpha value is -1.87. The fourth-order valence-electron chi connectivity index (χ4n) is 1.92. The first-order chi connectivity index (χ1) is 9.56. The van der Waals surface area contributed by atoms with Gasteiger partial charge in [-0.15, -0.1) is 0 Å². The van der Waals surface area contributed by atoms with E-state index < -0.39 is 0 Å². The molecule has 0 radical (unpaired) electrons. The van der Waals surface area contributed by atoms with Crippen LogP contribution >= 0.6 is 15.9 Å². The molecule has 0 bridgehead atoms. The maximum atomic E-state index is 11.9. The van der Waals surface area contributed by atoms with Gasteiger partial charge in [0, 0.05) is 10.5 Å². The van der Waals surface area contributed by atoms with Gasteiger partial charge in [0.25, 0.3) is 0 Å². The van der Waals surface area contributed by atoms with Crippen LogP contribution in [0.15, 0.2) is 53.0 Å². The molecular formula is C17H15BrO2. The molecule has 0 aliphatic carbocycles. The molecule has 0 aliphatic heterocycles. The van der Waals surface area contributed by atoms with Gasteiger partial charge in [-0.05, 0) is 48.7 Å². The maximum absolute atomic E-state index is 11.9. The number of halogens is 1. The summed E-state index contributed by atoms with van der Waals surface area (Å²) in [5, 5.41) is 0. The summed E-state index contributed by atoms with van der Waals surface area (Å²) >= 11 is 3.42. The summed E-state index contributed by atoms with van der Waals surface area (Å²) in [6.45, 7) is 3.84. The van der Waals surface area contributed by atoms with Gasteiger partial charge in [-0.2, -0.15) is 0 Å². The normalized spacial score (nSPS) is 10.8. The standard InChI is InChI=1S/C17H15BrO2/c1-12-10-15(18)11-13(2)17(12)20-16(19)9-8-14-6-4-3-5-7-14/h3-11H,1-2H3/b9-8+. The SMILES string of the molecule is Cc1cc(Br)cc(C)c1OC(=O)/C=C/c1ccccc1. The number of carbonyl (C=O) groups excluding carboxylic acids is 1. The van der Waals surface area contributed by atoms with E-state index in [0.717, 1.165) is 21.2 Å². The highest BCUT2D eigenvalue weighted by atomic mass is 79.9. The molecule has 2 nitrogen and oxygen atoms in total. The molecule has 0 amide bonds. The van der Waals surface area contributed by atoms with E-state index in [1.807, 2.05) is 56.3 Å². The van der Waals surface area contributed by atoms with Gasteiger partial charge in [0.05, 0.1) is 0 Å². The lowest BCUT2D eigenvalue weighted by Gasteiger charge is -2.09. The van der Waals surface area contributed by atoms with Crippen molar-refractivity contribution in [2.45, 2.75) is 13.8 Å². The minimum Gasteiger partial charge on any atom is -0.423 e. The second-order valence-electron chi connectivity index (χ2n) is 4.53. The van der Waals surface area contributed by atoms with E-state index in [9.17, 15) is 4.79 Å². The predicted molar refractivity (Wildman–Crippen MR) is 84.7 cm³/mol. The maximum Gasteiger partial charge on any atom is 0.336 e. The highest BCUT2D eigenvalue weighted by Gasteiger charge is 2.08. The van der Waals surface area contributed by atoms with Gasteiger partial charge in [-0.25, -0.2) is 4.79 Å². The van der Waals surface area contributed by atoms with Crippen molar-refractivity contribution >= 4 is 28.0 Å². The van der Waals surface area contributed by atoms with E-state index in [1.54, 1.807) is 6.08 Å². The molecule has 0 N–H and O–H groups in total. The van der Waals surface area contributed by atoms with Gasteiger partial charge < -0.3 is 4.74 Å². The van der Waals surface area contributed by atoms with E-state index in [2.05, 4.69) is 15.9 Å². The molecule has 0 heterocycles. The molecule has 0 aromatic heterocycles. The topological polar surface area (TPSA) is 26.3 Å². The Balaban J connectivity index is 2.11. The Morgan fingerprint density at radius 2 is 1.70 bits per heavy atom. The van der Waals surface area contributed by atoms with Crippen molar-refractivity contribution in [2.24, 2.45) is 0 Å². The van der Waals surface area contributed by atoms with E-state index in [0.29, 0.717) is 5.75 Å². The minimum atomic E-state index is -0.373. The van der Waals surface area contributed by atoms with Crippen molar-refractivity contribution in [1.29, 1.82) is 0 Å². The highest BCUT2D eigenvalue weighted by Crippen LogP contribution is 2.27. The third-order valence-electron chi connectivity index (χ3n) is 2.84. The average Bonchev–Trinajstić information content (AvgIpc) is 2.42.